The zero-order valence-corrected chi connectivity index (χ0v) is 33.0. The SMILES string of the molecule is COC1CC(C)C(S(=O)(=O)NC(=NCCCC(NC(=O)OC(C)(C)C)C(O)C(SC)(SC)SC)NC(=O)OC(C)(C)C)C(C)C1C. The summed E-state index contributed by atoms with van der Waals surface area (Å²) in [5.41, 5.74) is -1.55. The number of guanidine groups is 1. The fourth-order valence-corrected chi connectivity index (χ4v) is 10.9. The van der Waals surface area contributed by atoms with E-state index in [0.717, 1.165) is 0 Å². The van der Waals surface area contributed by atoms with Crippen LogP contribution in [-0.4, -0.2) is 102 Å². The Labute approximate surface area is 289 Å². The van der Waals surface area contributed by atoms with Crippen LogP contribution < -0.4 is 15.4 Å². The highest BCUT2D eigenvalue weighted by Gasteiger charge is 2.46. The monoisotopic (exact) mass is 730 g/mol. The number of nitrogens with zero attached hydrogens (tertiary/aromatic N) is 1. The molecule has 0 radical (unpaired) electrons. The van der Waals surface area contributed by atoms with Gasteiger partial charge in [-0.25, -0.2) is 18.0 Å². The Kier molecular flexibility index (Phi) is 16.9. The maximum absolute atomic E-state index is 13.8. The maximum atomic E-state index is 13.8. The topological polar surface area (TPSA) is 165 Å². The highest BCUT2D eigenvalue weighted by molar-refractivity contribution is 8.33. The van der Waals surface area contributed by atoms with E-state index in [1.807, 2.05) is 39.5 Å². The number of rotatable bonds is 13. The maximum Gasteiger partial charge on any atom is 0.414 e. The summed E-state index contributed by atoms with van der Waals surface area (Å²) >= 11 is 4.44. The number of aliphatic hydroxyl groups excluding tert-OH is 1. The van der Waals surface area contributed by atoms with Crippen molar-refractivity contribution in [2.24, 2.45) is 22.7 Å². The van der Waals surface area contributed by atoms with E-state index in [1.54, 1.807) is 48.7 Å². The van der Waals surface area contributed by atoms with Crippen LogP contribution in [0.4, 0.5) is 9.59 Å². The summed E-state index contributed by atoms with van der Waals surface area (Å²) in [6.45, 7) is 16.2. The van der Waals surface area contributed by atoms with Crippen molar-refractivity contribution in [2.45, 2.75) is 120 Å². The molecular weight excluding hydrogens is 673 g/mol. The Hall–Kier alpha value is -1.07. The summed E-state index contributed by atoms with van der Waals surface area (Å²) in [5, 5.41) is 16.0. The average Bonchev–Trinajstić information content (AvgIpc) is 2.91. The van der Waals surface area contributed by atoms with Gasteiger partial charge in [-0.1, -0.05) is 20.8 Å². The number of hydrogen-bond donors (Lipinski definition) is 4. The third-order valence-corrected chi connectivity index (χ3v) is 15.4. The van der Waals surface area contributed by atoms with Gasteiger partial charge in [0.25, 0.3) is 0 Å². The van der Waals surface area contributed by atoms with Crippen molar-refractivity contribution >= 4 is 63.5 Å². The number of alkyl carbamates (subject to hydrolysis) is 2. The van der Waals surface area contributed by atoms with Gasteiger partial charge in [0.2, 0.25) is 16.0 Å². The van der Waals surface area contributed by atoms with E-state index < -0.39 is 54.2 Å². The number of thioether (sulfide) groups is 3. The second-order valence-corrected chi connectivity index (χ2v) is 19.5. The van der Waals surface area contributed by atoms with Crippen molar-refractivity contribution in [2.75, 3.05) is 32.4 Å². The van der Waals surface area contributed by atoms with Crippen LogP contribution in [0.25, 0.3) is 0 Å². The summed E-state index contributed by atoms with van der Waals surface area (Å²) in [6, 6.07) is -0.699. The van der Waals surface area contributed by atoms with E-state index in [-0.39, 0.29) is 36.4 Å². The van der Waals surface area contributed by atoms with Crippen LogP contribution in [0, 0.1) is 17.8 Å². The van der Waals surface area contributed by atoms with Crippen molar-refractivity contribution in [3.05, 3.63) is 0 Å². The summed E-state index contributed by atoms with van der Waals surface area (Å²) in [5.74, 6) is -0.681. The van der Waals surface area contributed by atoms with Crippen molar-refractivity contribution < 1.29 is 37.3 Å². The average molecular weight is 731 g/mol. The third kappa shape index (κ3) is 13.1. The highest BCUT2D eigenvalue weighted by atomic mass is 32.3. The number of carbonyl (C=O) groups is 2. The molecule has 1 aliphatic carbocycles. The molecule has 1 rings (SSSR count). The molecule has 0 spiro atoms. The van der Waals surface area contributed by atoms with E-state index in [0.29, 0.717) is 19.3 Å². The molecule has 0 bridgehead atoms. The zero-order chi connectivity index (χ0) is 35.7. The van der Waals surface area contributed by atoms with E-state index in [9.17, 15) is 23.1 Å². The number of nitrogens with one attached hydrogen (secondary N) is 3. The van der Waals surface area contributed by atoms with E-state index >= 15 is 0 Å². The van der Waals surface area contributed by atoms with Crippen molar-refractivity contribution in [3.63, 3.8) is 0 Å². The molecule has 1 saturated carbocycles. The van der Waals surface area contributed by atoms with Crippen LogP contribution in [-0.2, 0) is 24.2 Å². The zero-order valence-electron chi connectivity index (χ0n) is 29.8. The normalized spacial score (nSPS) is 24.5. The quantitative estimate of drug-likeness (QED) is 0.0846. The second kappa shape index (κ2) is 18.1. The van der Waals surface area contributed by atoms with Crippen LogP contribution in [0.5, 0.6) is 0 Å². The summed E-state index contributed by atoms with van der Waals surface area (Å²) in [4.78, 5) is 29.8. The second-order valence-electron chi connectivity index (χ2n) is 13.7. The van der Waals surface area contributed by atoms with Gasteiger partial charge < -0.3 is 24.6 Å². The molecule has 12 nitrogen and oxygen atoms in total. The van der Waals surface area contributed by atoms with Crippen LogP contribution in [0.2, 0.25) is 0 Å². The minimum Gasteiger partial charge on any atom is -0.444 e. The molecule has 0 aromatic heterocycles. The number of hydrogen-bond acceptors (Lipinski definition) is 12. The Morgan fingerprint density at radius 1 is 0.935 bits per heavy atom. The highest BCUT2D eigenvalue weighted by Crippen LogP contribution is 2.47. The predicted molar refractivity (Wildman–Crippen MR) is 192 cm³/mol. The molecule has 16 heteroatoms. The molecule has 0 heterocycles. The lowest BCUT2D eigenvalue weighted by atomic mass is 9.74. The lowest BCUT2D eigenvalue weighted by Crippen LogP contribution is -2.54. The Balaban J connectivity index is 3.28. The molecule has 2 amide bonds. The van der Waals surface area contributed by atoms with Crippen LogP contribution in [0.15, 0.2) is 4.99 Å². The summed E-state index contributed by atoms with van der Waals surface area (Å²) in [6.07, 6.45) is 4.40. The van der Waals surface area contributed by atoms with Crippen LogP contribution in [0.3, 0.4) is 0 Å². The van der Waals surface area contributed by atoms with Gasteiger partial charge in [0, 0.05) is 13.7 Å². The minimum absolute atomic E-state index is 0.00113. The number of ether oxygens (including phenoxy) is 3. The van der Waals surface area contributed by atoms with Gasteiger partial charge in [0.15, 0.2) is 0 Å². The lowest BCUT2D eigenvalue weighted by molar-refractivity contribution is -0.00789. The minimum atomic E-state index is -3.99. The van der Waals surface area contributed by atoms with Crippen molar-refractivity contribution in [3.8, 4) is 0 Å². The number of methoxy groups -OCH3 is 1. The molecule has 1 fully saturated rings. The van der Waals surface area contributed by atoms with E-state index in [2.05, 4.69) is 20.3 Å². The van der Waals surface area contributed by atoms with E-state index in [1.165, 1.54) is 35.3 Å². The first-order chi connectivity index (χ1) is 21.1. The number of aliphatic hydroxyl groups is 1. The molecule has 7 unspecified atom stereocenters. The fourth-order valence-electron chi connectivity index (χ4n) is 5.60. The molecule has 7 atom stereocenters. The number of sulfonamides is 1. The molecule has 0 aliphatic heterocycles. The molecule has 0 saturated heterocycles. The molecule has 270 valence electrons. The first-order valence-electron chi connectivity index (χ1n) is 15.5. The van der Waals surface area contributed by atoms with Gasteiger partial charge in [0.1, 0.15) is 20.7 Å². The first kappa shape index (κ1) is 43.0. The predicted octanol–water partition coefficient (Wildman–Crippen LogP) is 5.26. The number of aliphatic imine (C=N–C) groups is 1. The van der Waals surface area contributed by atoms with Gasteiger partial charge in [-0.05, 0) is 97.3 Å². The Morgan fingerprint density at radius 3 is 1.93 bits per heavy atom. The van der Waals surface area contributed by atoms with Crippen molar-refractivity contribution in [1.82, 2.24) is 15.4 Å². The lowest BCUT2D eigenvalue weighted by Gasteiger charge is -2.42. The smallest absolute Gasteiger partial charge is 0.414 e. The first-order valence-corrected chi connectivity index (χ1v) is 20.7. The molecule has 0 aromatic carbocycles. The summed E-state index contributed by atoms with van der Waals surface area (Å²) in [7, 11) is -2.36. The molecule has 46 heavy (non-hydrogen) atoms. The molecule has 4 N–H and O–H groups in total. The van der Waals surface area contributed by atoms with Gasteiger partial charge in [-0.15, -0.1) is 35.3 Å². The molecule has 0 aromatic rings. The van der Waals surface area contributed by atoms with Gasteiger partial charge in [0.05, 0.1) is 17.4 Å². The largest absolute Gasteiger partial charge is 0.444 e. The Bertz CT molecular complexity index is 1110. The standard InChI is InChI=1S/C30H58N4O8S4/c1-18-17-22(40-10)19(2)20(3)23(18)46(38,39)34-25(33-27(37)42-29(7,8)9)31-16-14-15-21(32-26(36)41-28(4,5)6)24(35)30(43-11,44-12)45-13/h18-24,35H,14-17H2,1-13H3,(H,32,36)(H2,31,33,34,37). The third-order valence-electron chi connectivity index (χ3n) is 7.86. The van der Waals surface area contributed by atoms with Gasteiger partial charge in [-0.2, -0.15) is 0 Å². The Morgan fingerprint density at radius 2 is 1.46 bits per heavy atom. The van der Waals surface area contributed by atoms with E-state index in [4.69, 9.17) is 14.2 Å². The van der Waals surface area contributed by atoms with Gasteiger partial charge >= 0.3 is 12.2 Å². The number of amides is 2. The van der Waals surface area contributed by atoms with Gasteiger partial charge in [-0.3, -0.25) is 15.0 Å². The molecular formula is C30H58N4O8S4. The fraction of sp³-hybridized carbons (Fsp3) is 0.900. The number of carbonyl (C=O) groups excluding carboxylic acids is 2. The van der Waals surface area contributed by atoms with Crippen LogP contribution in [0.1, 0.15) is 81.6 Å². The summed E-state index contributed by atoms with van der Waals surface area (Å²) < 4.78 is 45.9. The molecule has 1 aliphatic rings. The van der Waals surface area contributed by atoms with Crippen LogP contribution >= 0.6 is 35.3 Å². The van der Waals surface area contributed by atoms with Crippen molar-refractivity contribution in [1.29, 1.82) is 0 Å².